The third-order valence-corrected chi connectivity index (χ3v) is 6.59. The van der Waals surface area contributed by atoms with Gasteiger partial charge in [-0.25, -0.2) is 8.42 Å². The SMILES string of the molecule is CC(=O)c1c(C)[nH]c(C(=O)Nc2ccc(C)c(S(=O)(=O)Nc3cccc(Cl)c3)c2)c1C. The maximum absolute atomic E-state index is 12.9. The van der Waals surface area contributed by atoms with E-state index in [0.717, 1.165) is 0 Å². The Balaban J connectivity index is 1.90. The molecule has 1 aromatic heterocycles. The highest BCUT2D eigenvalue weighted by molar-refractivity contribution is 7.92. The molecule has 0 aliphatic heterocycles. The number of benzene rings is 2. The van der Waals surface area contributed by atoms with Gasteiger partial charge in [-0.2, -0.15) is 0 Å². The van der Waals surface area contributed by atoms with Gasteiger partial charge in [0.15, 0.2) is 5.78 Å². The van der Waals surface area contributed by atoms with Crippen molar-refractivity contribution in [2.24, 2.45) is 0 Å². The molecule has 2 aromatic carbocycles. The first-order chi connectivity index (χ1) is 14.5. The number of rotatable bonds is 6. The fourth-order valence-electron chi connectivity index (χ4n) is 3.43. The Bertz CT molecular complexity index is 1300. The second-order valence-corrected chi connectivity index (χ2v) is 9.32. The van der Waals surface area contributed by atoms with Crippen molar-refractivity contribution < 1.29 is 18.0 Å². The van der Waals surface area contributed by atoms with Gasteiger partial charge in [0.25, 0.3) is 15.9 Å². The average molecular weight is 460 g/mol. The van der Waals surface area contributed by atoms with E-state index in [-0.39, 0.29) is 16.4 Å². The van der Waals surface area contributed by atoms with Gasteiger partial charge in [-0.05, 0) is 69.2 Å². The van der Waals surface area contributed by atoms with Crippen LogP contribution in [0.5, 0.6) is 0 Å². The van der Waals surface area contributed by atoms with E-state index in [9.17, 15) is 18.0 Å². The molecule has 3 rings (SSSR count). The molecule has 0 radical (unpaired) electrons. The molecule has 0 atom stereocenters. The van der Waals surface area contributed by atoms with Gasteiger partial charge >= 0.3 is 0 Å². The zero-order valence-electron chi connectivity index (χ0n) is 17.5. The molecule has 31 heavy (non-hydrogen) atoms. The Morgan fingerprint density at radius 1 is 1.00 bits per heavy atom. The quantitative estimate of drug-likeness (QED) is 0.458. The summed E-state index contributed by atoms with van der Waals surface area (Å²) in [5, 5.41) is 3.10. The molecule has 0 aliphatic rings. The van der Waals surface area contributed by atoms with Crippen LogP contribution in [0, 0.1) is 20.8 Å². The molecule has 7 nitrogen and oxygen atoms in total. The zero-order chi connectivity index (χ0) is 22.9. The molecule has 0 bridgehead atoms. The largest absolute Gasteiger partial charge is 0.354 e. The molecule has 0 saturated heterocycles. The van der Waals surface area contributed by atoms with Gasteiger partial charge in [0.1, 0.15) is 5.69 Å². The number of Topliss-reactive ketones (excluding diaryl/α,β-unsaturated/α-hetero) is 1. The van der Waals surface area contributed by atoms with Crippen LogP contribution < -0.4 is 10.0 Å². The summed E-state index contributed by atoms with van der Waals surface area (Å²) in [4.78, 5) is 27.5. The second kappa shape index (κ2) is 8.56. The first kappa shape index (κ1) is 22.6. The molecule has 0 fully saturated rings. The highest BCUT2D eigenvalue weighted by Crippen LogP contribution is 2.25. The van der Waals surface area contributed by atoms with E-state index < -0.39 is 15.9 Å². The van der Waals surface area contributed by atoms with Crippen LogP contribution in [0.15, 0.2) is 47.4 Å². The molecule has 9 heteroatoms. The molecule has 0 unspecified atom stereocenters. The van der Waals surface area contributed by atoms with Crippen molar-refractivity contribution in [3.63, 3.8) is 0 Å². The minimum atomic E-state index is -3.92. The number of hydrogen-bond acceptors (Lipinski definition) is 4. The Labute approximate surface area is 185 Å². The van der Waals surface area contributed by atoms with Crippen molar-refractivity contribution in [3.8, 4) is 0 Å². The molecule has 3 aromatic rings. The number of sulfonamides is 1. The van der Waals surface area contributed by atoms with E-state index >= 15 is 0 Å². The number of aromatic amines is 1. The fourth-order valence-corrected chi connectivity index (χ4v) is 4.94. The minimum Gasteiger partial charge on any atom is -0.354 e. The maximum atomic E-state index is 12.9. The number of aromatic nitrogens is 1. The monoisotopic (exact) mass is 459 g/mol. The summed E-state index contributed by atoms with van der Waals surface area (Å²) in [5.41, 5.74) is 3.03. The summed E-state index contributed by atoms with van der Waals surface area (Å²) in [6, 6.07) is 11.0. The second-order valence-electron chi connectivity index (χ2n) is 7.23. The molecular formula is C22H22ClN3O4S. The van der Waals surface area contributed by atoms with E-state index in [1.54, 1.807) is 51.1 Å². The van der Waals surface area contributed by atoms with Gasteiger partial charge in [-0.3, -0.25) is 14.3 Å². The molecule has 0 saturated carbocycles. The lowest BCUT2D eigenvalue weighted by Gasteiger charge is -2.13. The zero-order valence-corrected chi connectivity index (χ0v) is 19.0. The number of aryl methyl sites for hydroxylation is 2. The van der Waals surface area contributed by atoms with Crippen LogP contribution in [0.4, 0.5) is 11.4 Å². The first-order valence-electron chi connectivity index (χ1n) is 9.40. The Hall–Kier alpha value is -3.10. The highest BCUT2D eigenvalue weighted by Gasteiger charge is 2.22. The smallest absolute Gasteiger partial charge is 0.272 e. The van der Waals surface area contributed by atoms with Gasteiger partial charge in [0.2, 0.25) is 0 Å². The number of anilines is 2. The van der Waals surface area contributed by atoms with Crippen molar-refractivity contribution >= 4 is 44.7 Å². The lowest BCUT2D eigenvalue weighted by Crippen LogP contribution is -2.17. The molecule has 0 spiro atoms. The molecule has 162 valence electrons. The van der Waals surface area contributed by atoms with E-state index in [4.69, 9.17) is 11.6 Å². The Kier molecular flexibility index (Phi) is 6.24. The van der Waals surface area contributed by atoms with Crippen LogP contribution >= 0.6 is 11.6 Å². The van der Waals surface area contributed by atoms with Crippen LogP contribution in [0.1, 0.15) is 44.6 Å². The summed E-state index contributed by atoms with van der Waals surface area (Å²) >= 11 is 5.93. The third kappa shape index (κ3) is 4.81. The maximum Gasteiger partial charge on any atom is 0.272 e. The van der Waals surface area contributed by atoms with Crippen LogP contribution in [-0.2, 0) is 10.0 Å². The normalized spacial score (nSPS) is 11.3. The number of halogens is 1. The van der Waals surface area contributed by atoms with Crippen LogP contribution in [0.2, 0.25) is 5.02 Å². The van der Waals surface area contributed by atoms with Crippen LogP contribution in [0.25, 0.3) is 0 Å². The number of hydrogen-bond donors (Lipinski definition) is 3. The summed E-state index contributed by atoms with van der Waals surface area (Å²) in [7, 11) is -3.92. The van der Waals surface area contributed by atoms with Crippen LogP contribution in [0.3, 0.4) is 0 Å². The summed E-state index contributed by atoms with van der Waals surface area (Å²) < 4.78 is 28.3. The molecular weight excluding hydrogens is 438 g/mol. The standard InChI is InChI=1S/C22H22ClN3O4S/c1-12-8-9-17(25-22(28)21-13(2)20(15(4)27)14(3)24-21)11-19(12)31(29,30)26-18-7-5-6-16(23)10-18/h5-11,24,26H,1-4H3,(H,25,28). The number of nitrogens with one attached hydrogen (secondary N) is 3. The molecule has 1 amide bonds. The highest BCUT2D eigenvalue weighted by atomic mass is 35.5. The van der Waals surface area contributed by atoms with Crippen molar-refractivity contribution in [2.45, 2.75) is 32.6 Å². The molecule has 3 N–H and O–H groups in total. The van der Waals surface area contributed by atoms with Crippen LogP contribution in [-0.4, -0.2) is 25.1 Å². The predicted molar refractivity (Wildman–Crippen MR) is 122 cm³/mol. The summed E-state index contributed by atoms with van der Waals surface area (Å²) in [6.07, 6.45) is 0. The number of amides is 1. The van der Waals surface area contributed by atoms with E-state index in [0.29, 0.717) is 38.8 Å². The number of carbonyl (C=O) groups excluding carboxylic acids is 2. The predicted octanol–water partition coefficient (Wildman–Crippen LogP) is 4.85. The fraction of sp³-hybridized carbons (Fsp3) is 0.182. The summed E-state index contributed by atoms with van der Waals surface area (Å²) in [6.45, 7) is 6.51. The van der Waals surface area contributed by atoms with E-state index in [2.05, 4.69) is 15.0 Å². The van der Waals surface area contributed by atoms with Gasteiger partial charge in [0, 0.05) is 22.0 Å². The Morgan fingerprint density at radius 2 is 1.71 bits per heavy atom. The lowest BCUT2D eigenvalue weighted by molar-refractivity contribution is 0.101. The number of H-pyrrole nitrogens is 1. The van der Waals surface area contributed by atoms with E-state index in [1.807, 2.05) is 0 Å². The number of ketones is 1. The topological polar surface area (TPSA) is 108 Å². The summed E-state index contributed by atoms with van der Waals surface area (Å²) in [5.74, 6) is -0.607. The van der Waals surface area contributed by atoms with Crippen molar-refractivity contribution in [2.75, 3.05) is 10.0 Å². The van der Waals surface area contributed by atoms with Crippen molar-refractivity contribution in [3.05, 3.63) is 75.6 Å². The van der Waals surface area contributed by atoms with Gasteiger partial charge in [-0.1, -0.05) is 23.7 Å². The molecule has 0 aliphatic carbocycles. The first-order valence-corrected chi connectivity index (χ1v) is 11.3. The van der Waals surface area contributed by atoms with Gasteiger partial charge < -0.3 is 10.3 Å². The van der Waals surface area contributed by atoms with Crippen molar-refractivity contribution in [1.82, 2.24) is 4.98 Å². The number of carbonyl (C=O) groups is 2. The van der Waals surface area contributed by atoms with E-state index in [1.165, 1.54) is 19.1 Å². The Morgan fingerprint density at radius 3 is 2.32 bits per heavy atom. The average Bonchev–Trinajstić information content (AvgIpc) is 2.97. The van der Waals surface area contributed by atoms with Crippen molar-refractivity contribution in [1.29, 1.82) is 0 Å². The lowest BCUT2D eigenvalue weighted by atomic mass is 10.1. The van der Waals surface area contributed by atoms with Gasteiger partial charge in [-0.15, -0.1) is 0 Å². The van der Waals surface area contributed by atoms with Gasteiger partial charge in [0.05, 0.1) is 10.6 Å². The third-order valence-electron chi connectivity index (χ3n) is 4.83. The minimum absolute atomic E-state index is 0.0223. The molecule has 1 heterocycles.